The lowest BCUT2D eigenvalue weighted by atomic mass is 10.2. The fourth-order valence-corrected chi connectivity index (χ4v) is 1.40. The van der Waals surface area contributed by atoms with Crippen LogP contribution in [0.3, 0.4) is 0 Å². The number of aromatic nitrogens is 2. The van der Waals surface area contributed by atoms with Crippen molar-refractivity contribution in [1.82, 2.24) is 15.3 Å². The number of nitrogens with one attached hydrogen (secondary N) is 1. The molecule has 0 amide bonds. The van der Waals surface area contributed by atoms with Gasteiger partial charge in [-0.3, -0.25) is 0 Å². The Labute approximate surface area is 97.5 Å². The van der Waals surface area contributed by atoms with Crippen molar-refractivity contribution in [2.75, 3.05) is 20.3 Å². The molecule has 0 spiro atoms. The van der Waals surface area contributed by atoms with Gasteiger partial charge in [0.2, 0.25) is 0 Å². The summed E-state index contributed by atoms with van der Waals surface area (Å²) in [5, 5.41) is 3.28. The van der Waals surface area contributed by atoms with Gasteiger partial charge in [0.1, 0.15) is 5.82 Å². The zero-order chi connectivity index (χ0) is 12.0. The molecule has 0 aliphatic rings. The van der Waals surface area contributed by atoms with Gasteiger partial charge in [-0.1, -0.05) is 13.8 Å². The molecule has 4 heteroatoms. The Bertz CT molecular complexity index is 326. The maximum atomic E-state index is 4.97. The Kier molecular flexibility index (Phi) is 5.35. The zero-order valence-electron chi connectivity index (χ0n) is 10.6. The molecule has 0 atom stereocenters. The Morgan fingerprint density at radius 1 is 1.38 bits per heavy atom. The molecule has 0 unspecified atom stereocenters. The predicted molar refractivity (Wildman–Crippen MR) is 64.4 cm³/mol. The van der Waals surface area contributed by atoms with Crippen LogP contribution in [0.1, 0.15) is 37.0 Å². The van der Waals surface area contributed by atoms with Gasteiger partial charge in [-0.15, -0.1) is 0 Å². The van der Waals surface area contributed by atoms with E-state index in [0.717, 1.165) is 36.9 Å². The van der Waals surface area contributed by atoms with Crippen LogP contribution in [0.4, 0.5) is 0 Å². The third-order valence-corrected chi connectivity index (χ3v) is 2.23. The van der Waals surface area contributed by atoms with Gasteiger partial charge < -0.3 is 10.1 Å². The summed E-state index contributed by atoms with van der Waals surface area (Å²) in [5.74, 6) is 1.29. The average Bonchev–Trinajstić information content (AvgIpc) is 2.23. The summed E-state index contributed by atoms with van der Waals surface area (Å²) in [6.45, 7) is 8.56. The molecule has 1 heterocycles. The van der Waals surface area contributed by atoms with Crippen molar-refractivity contribution in [1.29, 1.82) is 0 Å². The molecule has 16 heavy (non-hydrogen) atoms. The highest BCUT2D eigenvalue weighted by Crippen LogP contribution is 2.10. The van der Waals surface area contributed by atoms with E-state index in [9.17, 15) is 0 Å². The smallest absolute Gasteiger partial charge is 0.131 e. The average molecular weight is 223 g/mol. The normalized spacial score (nSPS) is 11.1. The lowest BCUT2D eigenvalue weighted by Gasteiger charge is -2.09. The van der Waals surface area contributed by atoms with Crippen LogP contribution in [0.2, 0.25) is 0 Å². The van der Waals surface area contributed by atoms with Crippen molar-refractivity contribution >= 4 is 0 Å². The van der Waals surface area contributed by atoms with Gasteiger partial charge in [0.05, 0.1) is 12.3 Å². The molecular formula is C12H21N3O. The molecule has 0 aromatic carbocycles. The summed E-state index contributed by atoms with van der Waals surface area (Å²) < 4.78 is 4.97. The second-order valence-electron chi connectivity index (χ2n) is 4.18. The highest BCUT2D eigenvalue weighted by molar-refractivity contribution is 5.11. The highest BCUT2D eigenvalue weighted by atomic mass is 16.5. The molecule has 4 nitrogen and oxygen atoms in total. The molecule has 1 N–H and O–H groups in total. The maximum absolute atomic E-state index is 4.97. The summed E-state index contributed by atoms with van der Waals surface area (Å²) in [7, 11) is 1.70. The van der Waals surface area contributed by atoms with E-state index in [0.29, 0.717) is 5.92 Å². The number of methoxy groups -OCH3 is 1. The Morgan fingerprint density at radius 3 is 2.75 bits per heavy atom. The van der Waals surface area contributed by atoms with E-state index >= 15 is 0 Å². The van der Waals surface area contributed by atoms with E-state index in [4.69, 9.17) is 4.74 Å². The van der Waals surface area contributed by atoms with Crippen LogP contribution < -0.4 is 5.32 Å². The molecule has 0 aliphatic carbocycles. The number of aryl methyl sites for hydroxylation is 1. The van der Waals surface area contributed by atoms with E-state index in [-0.39, 0.29) is 0 Å². The largest absolute Gasteiger partial charge is 0.383 e. The van der Waals surface area contributed by atoms with Gasteiger partial charge in [-0.25, -0.2) is 9.97 Å². The van der Waals surface area contributed by atoms with E-state index in [1.807, 2.05) is 13.0 Å². The Morgan fingerprint density at radius 2 is 2.12 bits per heavy atom. The fraction of sp³-hybridized carbons (Fsp3) is 0.667. The number of hydrogen-bond acceptors (Lipinski definition) is 4. The first kappa shape index (κ1) is 13.1. The second kappa shape index (κ2) is 6.55. The van der Waals surface area contributed by atoms with Gasteiger partial charge in [0.25, 0.3) is 0 Å². The lowest BCUT2D eigenvalue weighted by Crippen LogP contribution is -2.20. The van der Waals surface area contributed by atoms with Crippen molar-refractivity contribution in [3.05, 3.63) is 23.3 Å². The predicted octanol–water partition coefficient (Wildman–Crippen LogP) is 1.64. The second-order valence-corrected chi connectivity index (χ2v) is 4.18. The zero-order valence-corrected chi connectivity index (χ0v) is 10.6. The van der Waals surface area contributed by atoms with Crippen molar-refractivity contribution in [2.24, 2.45) is 0 Å². The van der Waals surface area contributed by atoms with E-state index in [1.165, 1.54) is 0 Å². The topological polar surface area (TPSA) is 47.0 Å². The van der Waals surface area contributed by atoms with Gasteiger partial charge in [0, 0.05) is 31.8 Å². The standard InChI is InChI=1S/C12H21N3O/c1-9(2)12-14-10(3)7-11(15-12)8-13-5-6-16-4/h7,9,13H,5-6,8H2,1-4H3. The number of hydrogen-bond donors (Lipinski definition) is 1. The first-order valence-electron chi connectivity index (χ1n) is 5.67. The van der Waals surface area contributed by atoms with Gasteiger partial charge in [-0.05, 0) is 13.0 Å². The van der Waals surface area contributed by atoms with Crippen molar-refractivity contribution in [3.63, 3.8) is 0 Å². The number of nitrogens with zero attached hydrogens (tertiary/aromatic N) is 2. The molecule has 1 aromatic heterocycles. The van der Waals surface area contributed by atoms with E-state index in [1.54, 1.807) is 7.11 Å². The van der Waals surface area contributed by atoms with Gasteiger partial charge in [-0.2, -0.15) is 0 Å². The molecular weight excluding hydrogens is 202 g/mol. The monoisotopic (exact) mass is 223 g/mol. The molecule has 1 aromatic rings. The Balaban J connectivity index is 2.58. The quantitative estimate of drug-likeness (QED) is 0.745. The number of ether oxygens (including phenoxy) is 1. The summed E-state index contributed by atoms with van der Waals surface area (Å²) in [6, 6.07) is 2.02. The van der Waals surface area contributed by atoms with Crippen LogP contribution in [0.25, 0.3) is 0 Å². The van der Waals surface area contributed by atoms with Crippen LogP contribution >= 0.6 is 0 Å². The molecule has 0 radical (unpaired) electrons. The van der Waals surface area contributed by atoms with Crippen molar-refractivity contribution < 1.29 is 4.74 Å². The molecule has 1 rings (SSSR count). The SMILES string of the molecule is COCCNCc1cc(C)nc(C(C)C)n1. The fourth-order valence-electron chi connectivity index (χ4n) is 1.40. The highest BCUT2D eigenvalue weighted by Gasteiger charge is 2.05. The van der Waals surface area contributed by atoms with E-state index in [2.05, 4.69) is 29.1 Å². The van der Waals surface area contributed by atoms with Crippen LogP contribution in [0.5, 0.6) is 0 Å². The van der Waals surface area contributed by atoms with Crippen LogP contribution in [0.15, 0.2) is 6.07 Å². The minimum absolute atomic E-state index is 0.373. The van der Waals surface area contributed by atoms with Gasteiger partial charge >= 0.3 is 0 Å². The van der Waals surface area contributed by atoms with Crippen LogP contribution in [0, 0.1) is 6.92 Å². The third kappa shape index (κ3) is 4.24. The minimum Gasteiger partial charge on any atom is -0.383 e. The summed E-state index contributed by atoms with van der Waals surface area (Å²) in [5.41, 5.74) is 2.08. The molecule has 0 saturated carbocycles. The number of rotatable bonds is 6. The van der Waals surface area contributed by atoms with Crippen LogP contribution in [-0.2, 0) is 11.3 Å². The summed E-state index contributed by atoms with van der Waals surface area (Å²) in [6.07, 6.45) is 0. The third-order valence-electron chi connectivity index (χ3n) is 2.23. The van der Waals surface area contributed by atoms with Crippen molar-refractivity contribution in [3.8, 4) is 0 Å². The molecule has 0 bridgehead atoms. The maximum Gasteiger partial charge on any atom is 0.131 e. The summed E-state index contributed by atoms with van der Waals surface area (Å²) >= 11 is 0. The summed E-state index contributed by atoms with van der Waals surface area (Å²) in [4.78, 5) is 8.93. The van der Waals surface area contributed by atoms with Crippen molar-refractivity contribution in [2.45, 2.75) is 33.2 Å². The lowest BCUT2D eigenvalue weighted by molar-refractivity contribution is 0.199. The molecule has 90 valence electrons. The minimum atomic E-state index is 0.373. The van der Waals surface area contributed by atoms with E-state index < -0.39 is 0 Å². The van der Waals surface area contributed by atoms with Crippen LogP contribution in [-0.4, -0.2) is 30.2 Å². The Hall–Kier alpha value is -1.00. The first-order chi connectivity index (χ1) is 7.63. The molecule has 0 fully saturated rings. The molecule has 0 saturated heterocycles. The molecule has 0 aliphatic heterocycles. The first-order valence-corrected chi connectivity index (χ1v) is 5.67. The van der Waals surface area contributed by atoms with Gasteiger partial charge in [0.15, 0.2) is 0 Å².